The smallest absolute Gasteiger partial charge is 0.342 e. The molecule has 0 bridgehead atoms. The Hall–Kier alpha value is -4.33. The fraction of sp³-hybridized carbons (Fsp3) is 0.250. The Kier molecular flexibility index (Phi) is 7.85. The average Bonchev–Trinajstić information content (AvgIpc) is 3.22. The van der Waals surface area contributed by atoms with Gasteiger partial charge in [0, 0.05) is 6.54 Å². The number of hydrogen-bond acceptors (Lipinski definition) is 7. The van der Waals surface area contributed by atoms with Crippen molar-refractivity contribution in [3.8, 4) is 11.5 Å². The van der Waals surface area contributed by atoms with Crippen molar-refractivity contribution >= 4 is 22.6 Å². The molecule has 0 aliphatic carbocycles. The number of rotatable bonds is 10. The number of aromatic nitrogens is 1. The van der Waals surface area contributed by atoms with Gasteiger partial charge in [-0.3, -0.25) is 4.79 Å². The topological polar surface area (TPSA) is 99.9 Å². The highest BCUT2D eigenvalue weighted by Crippen LogP contribution is 2.28. The van der Waals surface area contributed by atoms with E-state index in [0.717, 1.165) is 33.3 Å². The molecule has 1 N–H and O–H groups in total. The monoisotopic (exact) mass is 488 g/mol. The number of nitrogens with zero attached hydrogens (tertiary/aromatic N) is 1. The van der Waals surface area contributed by atoms with Crippen molar-refractivity contribution in [2.24, 2.45) is 0 Å². The fourth-order valence-corrected chi connectivity index (χ4v) is 3.75. The second-order valence-corrected chi connectivity index (χ2v) is 8.31. The first-order valence-corrected chi connectivity index (χ1v) is 11.6. The molecule has 0 atom stereocenters. The molecule has 1 heterocycles. The Morgan fingerprint density at radius 1 is 1.00 bits per heavy atom. The zero-order chi connectivity index (χ0) is 25.5. The van der Waals surface area contributed by atoms with Crippen molar-refractivity contribution in [1.29, 1.82) is 0 Å². The second kappa shape index (κ2) is 11.4. The van der Waals surface area contributed by atoms with Crippen LogP contribution in [0.4, 0.5) is 0 Å². The van der Waals surface area contributed by atoms with Gasteiger partial charge in [-0.05, 0) is 60.9 Å². The van der Waals surface area contributed by atoms with Gasteiger partial charge in [-0.2, -0.15) is 0 Å². The zero-order valence-electron chi connectivity index (χ0n) is 20.5. The number of esters is 1. The van der Waals surface area contributed by atoms with Gasteiger partial charge in [-0.15, -0.1) is 0 Å². The number of methoxy groups -OCH3 is 1. The van der Waals surface area contributed by atoms with Gasteiger partial charge in [0.2, 0.25) is 0 Å². The molecule has 0 aliphatic heterocycles. The second-order valence-electron chi connectivity index (χ2n) is 8.31. The van der Waals surface area contributed by atoms with Gasteiger partial charge in [0.25, 0.3) is 5.91 Å². The highest BCUT2D eigenvalue weighted by molar-refractivity contribution is 5.99. The Morgan fingerprint density at radius 3 is 2.39 bits per heavy atom. The highest BCUT2D eigenvalue weighted by Gasteiger charge is 2.19. The molecule has 0 fully saturated rings. The van der Waals surface area contributed by atoms with Crippen LogP contribution in [0.3, 0.4) is 0 Å². The predicted molar refractivity (Wildman–Crippen MR) is 134 cm³/mol. The number of fused-ring (bicyclic) bond motifs is 1. The van der Waals surface area contributed by atoms with Crippen molar-refractivity contribution < 1.29 is 28.3 Å². The lowest BCUT2D eigenvalue weighted by Crippen LogP contribution is -2.30. The molecule has 186 valence electrons. The van der Waals surface area contributed by atoms with E-state index in [4.69, 9.17) is 18.7 Å². The molecule has 8 heteroatoms. The zero-order valence-corrected chi connectivity index (χ0v) is 20.5. The number of hydrogen-bond donors (Lipinski definition) is 1. The van der Waals surface area contributed by atoms with Gasteiger partial charge >= 0.3 is 5.97 Å². The molecule has 0 radical (unpaired) electrons. The minimum Gasteiger partial charge on any atom is -0.497 e. The summed E-state index contributed by atoms with van der Waals surface area (Å²) in [6.07, 6.45) is 0.647. The van der Waals surface area contributed by atoms with Crippen LogP contribution < -0.4 is 14.8 Å². The van der Waals surface area contributed by atoms with Crippen molar-refractivity contribution in [1.82, 2.24) is 10.5 Å². The summed E-state index contributed by atoms with van der Waals surface area (Å²) in [6.45, 7) is 3.85. The van der Waals surface area contributed by atoms with E-state index in [1.54, 1.807) is 19.2 Å². The molecule has 0 unspecified atom stereocenters. The summed E-state index contributed by atoms with van der Waals surface area (Å²) < 4.78 is 21.7. The number of ether oxygens (including phenoxy) is 3. The van der Waals surface area contributed by atoms with Gasteiger partial charge in [0.1, 0.15) is 29.4 Å². The summed E-state index contributed by atoms with van der Waals surface area (Å²) in [4.78, 5) is 25.2. The molecule has 4 rings (SSSR count). The molecule has 0 saturated carbocycles. The van der Waals surface area contributed by atoms with Crippen molar-refractivity contribution in [3.05, 3.63) is 88.8 Å². The largest absolute Gasteiger partial charge is 0.497 e. The molecule has 0 spiro atoms. The lowest BCUT2D eigenvalue weighted by atomic mass is 10.1. The first-order chi connectivity index (χ1) is 17.4. The van der Waals surface area contributed by atoms with Crippen molar-refractivity contribution in [2.45, 2.75) is 26.9 Å². The van der Waals surface area contributed by atoms with Gasteiger partial charge < -0.3 is 24.1 Å². The van der Waals surface area contributed by atoms with Crippen LogP contribution in [0.1, 0.15) is 32.9 Å². The fourth-order valence-electron chi connectivity index (χ4n) is 3.75. The Bertz CT molecular complexity index is 1340. The summed E-state index contributed by atoms with van der Waals surface area (Å²) >= 11 is 0. The molecule has 0 aliphatic rings. The summed E-state index contributed by atoms with van der Waals surface area (Å²) in [5.41, 5.74) is 2.85. The lowest BCUT2D eigenvalue weighted by Gasteiger charge is -2.13. The van der Waals surface area contributed by atoms with E-state index in [1.807, 2.05) is 62.4 Å². The van der Waals surface area contributed by atoms with Crippen LogP contribution >= 0.6 is 0 Å². The Morgan fingerprint density at radius 2 is 1.72 bits per heavy atom. The summed E-state index contributed by atoms with van der Waals surface area (Å²) in [5, 5.41) is 8.49. The summed E-state index contributed by atoms with van der Waals surface area (Å²) in [6, 6.07) is 18.7. The standard InChI is InChI=1S/C28H28N2O6/c1-18-25(19(2)36-30-18)16-34-26-15-22-7-5-4-6-21(22)14-24(26)28(32)35-17-27(31)29-13-12-20-8-10-23(33-3)11-9-20/h4-11,14-15H,12-13,16-17H2,1-3H3,(H,29,31). The van der Waals surface area contributed by atoms with Gasteiger partial charge in [0.05, 0.1) is 18.4 Å². The Labute approximate surface area is 209 Å². The first-order valence-electron chi connectivity index (χ1n) is 11.6. The molecule has 8 nitrogen and oxygen atoms in total. The van der Waals surface area contributed by atoms with Gasteiger partial charge in [0.15, 0.2) is 6.61 Å². The summed E-state index contributed by atoms with van der Waals surface area (Å²) in [7, 11) is 1.61. The number of aryl methyl sites for hydroxylation is 2. The molecule has 1 aromatic heterocycles. The van der Waals surface area contributed by atoms with E-state index < -0.39 is 12.6 Å². The molecular formula is C28H28N2O6. The highest BCUT2D eigenvalue weighted by atomic mass is 16.5. The minimum absolute atomic E-state index is 0.186. The van der Waals surface area contributed by atoms with E-state index in [2.05, 4.69) is 10.5 Å². The lowest BCUT2D eigenvalue weighted by molar-refractivity contribution is -0.124. The number of amides is 1. The van der Waals surface area contributed by atoms with Crippen molar-refractivity contribution in [2.75, 3.05) is 20.3 Å². The van der Waals surface area contributed by atoms with Gasteiger partial charge in [-0.25, -0.2) is 4.79 Å². The van der Waals surface area contributed by atoms with Crippen LogP contribution in [0.25, 0.3) is 10.8 Å². The molecule has 1 amide bonds. The predicted octanol–water partition coefficient (Wildman–Crippen LogP) is 4.55. The molecular weight excluding hydrogens is 460 g/mol. The number of carbonyl (C=O) groups excluding carboxylic acids is 2. The maximum atomic E-state index is 12.9. The SMILES string of the molecule is COc1ccc(CCNC(=O)COC(=O)c2cc3ccccc3cc2OCc2c(C)noc2C)cc1. The van der Waals surface area contributed by atoms with Crippen LogP contribution in [0.5, 0.6) is 11.5 Å². The molecule has 3 aromatic carbocycles. The van der Waals surface area contributed by atoms with E-state index >= 15 is 0 Å². The number of nitrogens with one attached hydrogen (secondary N) is 1. The van der Waals surface area contributed by atoms with Crippen LogP contribution in [-0.4, -0.2) is 37.3 Å². The maximum Gasteiger partial charge on any atom is 0.342 e. The average molecular weight is 489 g/mol. The van der Waals surface area contributed by atoms with Crippen molar-refractivity contribution in [3.63, 3.8) is 0 Å². The van der Waals surface area contributed by atoms with E-state index in [-0.39, 0.29) is 18.1 Å². The molecule has 36 heavy (non-hydrogen) atoms. The third-order valence-electron chi connectivity index (χ3n) is 5.85. The van der Waals surface area contributed by atoms with Crippen LogP contribution in [0.2, 0.25) is 0 Å². The number of carbonyl (C=O) groups is 2. The van der Waals surface area contributed by atoms with Gasteiger partial charge in [-0.1, -0.05) is 41.6 Å². The third-order valence-corrected chi connectivity index (χ3v) is 5.85. The third kappa shape index (κ3) is 6.02. The minimum atomic E-state index is -0.639. The normalized spacial score (nSPS) is 10.8. The first kappa shape index (κ1) is 24.8. The van der Waals surface area contributed by atoms with Crippen LogP contribution in [-0.2, 0) is 22.6 Å². The van der Waals surface area contributed by atoms with E-state index in [9.17, 15) is 9.59 Å². The maximum absolute atomic E-state index is 12.9. The van der Waals surface area contributed by atoms with Crippen LogP contribution in [0.15, 0.2) is 65.2 Å². The molecule has 4 aromatic rings. The van der Waals surface area contributed by atoms with Crippen LogP contribution in [0, 0.1) is 13.8 Å². The number of benzene rings is 3. The summed E-state index contributed by atoms with van der Waals surface area (Å²) in [5.74, 6) is 0.774. The Balaban J connectivity index is 1.38. The molecule has 0 saturated heterocycles. The van der Waals surface area contributed by atoms with E-state index in [0.29, 0.717) is 24.5 Å². The van der Waals surface area contributed by atoms with E-state index in [1.165, 1.54) is 0 Å². The quantitative estimate of drug-likeness (QED) is 0.327.